The zero-order valence-electron chi connectivity index (χ0n) is 17.1. The summed E-state index contributed by atoms with van der Waals surface area (Å²) in [4.78, 5) is 33.9. The van der Waals surface area contributed by atoms with Crippen molar-refractivity contribution in [3.05, 3.63) is 30.1 Å². The monoisotopic (exact) mass is 397 g/mol. The maximum Gasteiger partial charge on any atom is 0.254 e. The Morgan fingerprint density at radius 1 is 1.07 bits per heavy atom. The first-order chi connectivity index (χ1) is 14.2. The molecule has 0 aromatic carbocycles. The highest BCUT2D eigenvalue weighted by molar-refractivity contribution is 5.94. The van der Waals surface area contributed by atoms with Gasteiger partial charge in [-0.3, -0.25) is 14.6 Å². The van der Waals surface area contributed by atoms with Crippen molar-refractivity contribution in [3.8, 4) is 0 Å². The minimum absolute atomic E-state index is 0.0683. The number of aromatic nitrogens is 1. The molecule has 1 unspecified atom stereocenters. The molecule has 4 aliphatic rings. The fourth-order valence-corrected chi connectivity index (χ4v) is 5.59. The first-order valence-electron chi connectivity index (χ1n) is 11.3. The number of amides is 2. The van der Waals surface area contributed by atoms with Crippen LogP contribution in [0.2, 0.25) is 0 Å². The fourth-order valence-electron chi connectivity index (χ4n) is 5.59. The molecule has 156 valence electrons. The van der Waals surface area contributed by atoms with Crippen LogP contribution in [-0.4, -0.2) is 64.0 Å². The lowest BCUT2D eigenvalue weighted by Crippen LogP contribution is -2.78. The van der Waals surface area contributed by atoms with E-state index in [1.165, 1.54) is 32.1 Å². The molecule has 1 aromatic heterocycles. The van der Waals surface area contributed by atoms with E-state index in [0.29, 0.717) is 24.6 Å². The first-order valence-corrected chi connectivity index (χ1v) is 11.3. The quantitative estimate of drug-likeness (QED) is 0.717. The highest BCUT2D eigenvalue weighted by atomic mass is 16.5. The van der Waals surface area contributed by atoms with Gasteiger partial charge in [-0.05, 0) is 56.6 Å². The number of ether oxygens (including phenoxy) is 1. The van der Waals surface area contributed by atoms with Crippen molar-refractivity contribution in [1.82, 2.24) is 14.8 Å². The molecule has 1 spiro atoms. The van der Waals surface area contributed by atoms with E-state index in [0.717, 1.165) is 32.3 Å². The summed E-state index contributed by atoms with van der Waals surface area (Å²) in [6.45, 7) is 2.17. The molecule has 4 fully saturated rings. The van der Waals surface area contributed by atoms with Gasteiger partial charge >= 0.3 is 0 Å². The molecule has 2 amide bonds. The molecular formula is C23H31N3O3. The van der Waals surface area contributed by atoms with E-state index in [9.17, 15) is 9.59 Å². The lowest BCUT2D eigenvalue weighted by molar-refractivity contribution is -0.211. The Bertz CT molecular complexity index is 750. The molecule has 0 N–H and O–H groups in total. The van der Waals surface area contributed by atoms with E-state index in [4.69, 9.17) is 4.74 Å². The Morgan fingerprint density at radius 2 is 1.76 bits per heavy atom. The molecule has 1 aromatic rings. The third kappa shape index (κ3) is 3.45. The predicted molar refractivity (Wildman–Crippen MR) is 108 cm³/mol. The Balaban J connectivity index is 1.24. The molecule has 29 heavy (non-hydrogen) atoms. The zero-order chi connectivity index (χ0) is 19.8. The summed E-state index contributed by atoms with van der Waals surface area (Å²) < 4.78 is 6.18. The van der Waals surface area contributed by atoms with Gasteiger partial charge < -0.3 is 14.5 Å². The molecule has 1 atom stereocenters. The van der Waals surface area contributed by atoms with Gasteiger partial charge in [0, 0.05) is 37.1 Å². The van der Waals surface area contributed by atoms with Crippen LogP contribution in [0.5, 0.6) is 0 Å². The second kappa shape index (κ2) is 7.71. The number of nitrogens with zero attached hydrogens (tertiary/aromatic N) is 3. The molecule has 0 bridgehead atoms. The summed E-state index contributed by atoms with van der Waals surface area (Å²) in [6, 6.07) is 3.78. The number of likely N-dealkylation sites (tertiary alicyclic amines) is 2. The summed E-state index contributed by atoms with van der Waals surface area (Å²) in [5.41, 5.74) is 0.613. The standard InChI is InChI=1S/C23H31N3O3/c27-21(18-6-12-24-13-7-18)25-14-8-19(9-15-25)26-22(28)20(29-16-17-4-5-17)23(26)10-2-1-3-11-23/h6-7,12-13,17,19-20H,1-5,8-11,14-16H2. The zero-order valence-corrected chi connectivity index (χ0v) is 17.1. The van der Waals surface area contributed by atoms with Gasteiger partial charge in [-0.2, -0.15) is 0 Å². The van der Waals surface area contributed by atoms with Gasteiger partial charge in [0.25, 0.3) is 11.8 Å². The number of rotatable bonds is 5. The van der Waals surface area contributed by atoms with Crippen molar-refractivity contribution in [1.29, 1.82) is 0 Å². The molecule has 2 saturated heterocycles. The number of hydrogen-bond donors (Lipinski definition) is 0. The Hall–Kier alpha value is -1.95. The van der Waals surface area contributed by atoms with Crippen LogP contribution in [0.1, 0.15) is 68.1 Å². The highest BCUT2D eigenvalue weighted by Gasteiger charge is 2.62. The van der Waals surface area contributed by atoms with Crippen molar-refractivity contribution < 1.29 is 14.3 Å². The Kier molecular flexibility index (Phi) is 5.06. The summed E-state index contributed by atoms with van der Waals surface area (Å²) in [6.07, 6.45) is 13.1. The summed E-state index contributed by atoms with van der Waals surface area (Å²) >= 11 is 0. The molecule has 6 heteroatoms. The SMILES string of the molecule is O=C(c1ccncc1)N1CCC(N2C(=O)C(OCC3CC3)C23CCCCC3)CC1. The number of carbonyl (C=O) groups excluding carboxylic acids is 2. The average Bonchev–Trinajstić information content (AvgIpc) is 3.60. The van der Waals surface area contributed by atoms with Crippen LogP contribution in [0.4, 0.5) is 0 Å². The molecule has 0 radical (unpaired) electrons. The Morgan fingerprint density at radius 3 is 2.41 bits per heavy atom. The van der Waals surface area contributed by atoms with Crippen LogP contribution in [0, 0.1) is 5.92 Å². The van der Waals surface area contributed by atoms with Crippen LogP contribution in [0.15, 0.2) is 24.5 Å². The van der Waals surface area contributed by atoms with Crippen molar-refractivity contribution in [2.45, 2.75) is 75.5 Å². The molecule has 3 heterocycles. The molecule has 6 nitrogen and oxygen atoms in total. The molecular weight excluding hydrogens is 366 g/mol. The van der Waals surface area contributed by atoms with Crippen molar-refractivity contribution in [2.24, 2.45) is 5.92 Å². The smallest absolute Gasteiger partial charge is 0.254 e. The maximum atomic E-state index is 13.1. The third-order valence-electron chi connectivity index (χ3n) is 7.39. The number of carbonyl (C=O) groups is 2. The Labute approximate surface area is 172 Å². The lowest BCUT2D eigenvalue weighted by Gasteiger charge is -2.62. The van der Waals surface area contributed by atoms with E-state index in [1.807, 2.05) is 4.90 Å². The van der Waals surface area contributed by atoms with Crippen LogP contribution >= 0.6 is 0 Å². The molecule has 5 rings (SSSR count). The van der Waals surface area contributed by atoms with E-state index in [2.05, 4.69) is 9.88 Å². The summed E-state index contributed by atoms with van der Waals surface area (Å²) in [5.74, 6) is 0.949. The average molecular weight is 398 g/mol. The van der Waals surface area contributed by atoms with Crippen LogP contribution in [0.25, 0.3) is 0 Å². The number of hydrogen-bond acceptors (Lipinski definition) is 4. The maximum absolute atomic E-state index is 13.1. The normalized spacial score (nSPS) is 27.2. The van der Waals surface area contributed by atoms with E-state index < -0.39 is 0 Å². The van der Waals surface area contributed by atoms with Gasteiger partial charge in [0.05, 0.1) is 12.1 Å². The van der Waals surface area contributed by atoms with E-state index >= 15 is 0 Å². The molecule has 2 saturated carbocycles. The molecule has 2 aliphatic carbocycles. The van der Waals surface area contributed by atoms with Gasteiger partial charge in [-0.25, -0.2) is 0 Å². The second-order valence-electron chi connectivity index (χ2n) is 9.29. The first kappa shape index (κ1) is 19.0. The number of piperidine rings is 1. The van der Waals surface area contributed by atoms with Crippen LogP contribution in [-0.2, 0) is 9.53 Å². The van der Waals surface area contributed by atoms with Crippen molar-refractivity contribution >= 4 is 11.8 Å². The second-order valence-corrected chi connectivity index (χ2v) is 9.29. The topological polar surface area (TPSA) is 62.7 Å². The minimum Gasteiger partial charge on any atom is -0.366 e. The lowest BCUT2D eigenvalue weighted by atomic mass is 9.68. The van der Waals surface area contributed by atoms with Crippen molar-refractivity contribution in [3.63, 3.8) is 0 Å². The molecule has 2 aliphatic heterocycles. The summed E-state index contributed by atoms with van der Waals surface area (Å²) in [5, 5.41) is 0. The van der Waals surface area contributed by atoms with E-state index in [-0.39, 0.29) is 29.5 Å². The number of pyridine rings is 1. The number of β-lactam (4-membered cyclic amide) rings is 1. The third-order valence-corrected chi connectivity index (χ3v) is 7.39. The van der Waals surface area contributed by atoms with Crippen molar-refractivity contribution in [2.75, 3.05) is 19.7 Å². The van der Waals surface area contributed by atoms with E-state index in [1.54, 1.807) is 24.5 Å². The van der Waals surface area contributed by atoms with Crippen LogP contribution in [0.3, 0.4) is 0 Å². The van der Waals surface area contributed by atoms with Gasteiger partial charge in [0.2, 0.25) is 0 Å². The van der Waals surface area contributed by atoms with Gasteiger partial charge in [0.1, 0.15) is 0 Å². The van der Waals surface area contributed by atoms with Crippen LogP contribution < -0.4 is 0 Å². The highest BCUT2D eigenvalue weighted by Crippen LogP contribution is 2.48. The minimum atomic E-state index is -0.222. The fraction of sp³-hybridized carbons (Fsp3) is 0.696. The predicted octanol–water partition coefficient (Wildman–Crippen LogP) is 3.03. The summed E-state index contributed by atoms with van der Waals surface area (Å²) in [7, 11) is 0. The van der Waals surface area contributed by atoms with Gasteiger partial charge in [-0.15, -0.1) is 0 Å². The largest absolute Gasteiger partial charge is 0.366 e. The van der Waals surface area contributed by atoms with Gasteiger partial charge in [0.15, 0.2) is 6.10 Å². The van der Waals surface area contributed by atoms with Gasteiger partial charge in [-0.1, -0.05) is 19.3 Å².